The third-order valence-corrected chi connectivity index (χ3v) is 7.62. The van der Waals surface area contributed by atoms with Crippen LogP contribution in [0.1, 0.15) is 24.0 Å². The Hall–Kier alpha value is -2.91. The van der Waals surface area contributed by atoms with Crippen LogP contribution < -0.4 is 11.0 Å². The maximum absolute atomic E-state index is 12.9. The number of nitrogens with one attached hydrogen (secondary N) is 3. The predicted octanol–water partition coefficient (Wildman–Crippen LogP) is 2.51. The highest BCUT2D eigenvalue weighted by atomic mass is 32.2. The van der Waals surface area contributed by atoms with Crippen LogP contribution in [0.5, 0.6) is 0 Å². The number of fused-ring (bicyclic) bond motifs is 1. The van der Waals surface area contributed by atoms with Gasteiger partial charge in [-0.1, -0.05) is 6.07 Å². The SMILES string of the molecule is Cc1ccc(S(=O)(=O)N2CCC(C(=O)Nc3ccc4[nH]c(=O)[nH]c4c3)CC2)cc1C. The van der Waals surface area contributed by atoms with Crippen molar-refractivity contribution < 1.29 is 13.2 Å². The average molecular weight is 429 g/mol. The molecule has 1 fully saturated rings. The highest BCUT2D eigenvalue weighted by Gasteiger charge is 2.32. The van der Waals surface area contributed by atoms with E-state index < -0.39 is 10.0 Å². The lowest BCUT2D eigenvalue weighted by Crippen LogP contribution is -2.41. The second kappa shape index (κ2) is 7.73. The zero-order valence-electron chi connectivity index (χ0n) is 16.9. The summed E-state index contributed by atoms with van der Waals surface area (Å²) in [5.41, 5.74) is 3.56. The molecule has 0 unspecified atom stereocenters. The van der Waals surface area contributed by atoms with E-state index in [4.69, 9.17) is 0 Å². The Kier molecular flexibility index (Phi) is 5.25. The van der Waals surface area contributed by atoms with E-state index >= 15 is 0 Å². The topological polar surface area (TPSA) is 115 Å². The normalized spacial score (nSPS) is 16.1. The minimum absolute atomic E-state index is 0.143. The maximum Gasteiger partial charge on any atom is 0.323 e. The molecule has 1 aliphatic rings. The first-order valence-corrected chi connectivity index (χ1v) is 11.3. The summed E-state index contributed by atoms with van der Waals surface area (Å²) in [7, 11) is -3.57. The number of nitrogens with zero attached hydrogens (tertiary/aromatic N) is 1. The summed E-state index contributed by atoms with van der Waals surface area (Å²) in [5.74, 6) is -0.410. The van der Waals surface area contributed by atoms with Gasteiger partial charge in [-0.25, -0.2) is 13.2 Å². The average Bonchev–Trinajstić information content (AvgIpc) is 3.09. The Morgan fingerprint density at radius 2 is 1.70 bits per heavy atom. The first kappa shape index (κ1) is 20.4. The molecule has 1 amide bonds. The maximum atomic E-state index is 12.9. The number of aromatic nitrogens is 2. The lowest BCUT2D eigenvalue weighted by atomic mass is 9.97. The van der Waals surface area contributed by atoms with E-state index in [9.17, 15) is 18.0 Å². The molecule has 0 spiro atoms. The second-order valence-electron chi connectivity index (χ2n) is 7.75. The Morgan fingerprint density at radius 3 is 2.40 bits per heavy atom. The van der Waals surface area contributed by atoms with Crippen LogP contribution in [0, 0.1) is 19.8 Å². The highest BCUT2D eigenvalue weighted by molar-refractivity contribution is 7.89. The van der Waals surface area contributed by atoms with E-state index in [1.165, 1.54) is 4.31 Å². The van der Waals surface area contributed by atoms with Crippen molar-refractivity contribution in [1.82, 2.24) is 14.3 Å². The van der Waals surface area contributed by atoms with Crippen LogP contribution in [0.4, 0.5) is 5.69 Å². The predicted molar refractivity (Wildman–Crippen MR) is 115 cm³/mol. The number of piperidine rings is 1. The van der Waals surface area contributed by atoms with Crippen LogP contribution in [0.2, 0.25) is 0 Å². The molecule has 0 aliphatic carbocycles. The first-order chi connectivity index (χ1) is 14.2. The van der Waals surface area contributed by atoms with Gasteiger partial charge in [0.15, 0.2) is 0 Å². The van der Waals surface area contributed by atoms with Crippen molar-refractivity contribution in [3.63, 3.8) is 0 Å². The number of amides is 1. The fourth-order valence-electron chi connectivity index (χ4n) is 3.74. The van der Waals surface area contributed by atoms with E-state index in [1.807, 2.05) is 19.9 Å². The Balaban J connectivity index is 1.41. The Labute approximate surface area is 174 Å². The number of H-pyrrole nitrogens is 2. The lowest BCUT2D eigenvalue weighted by molar-refractivity contribution is -0.120. The first-order valence-electron chi connectivity index (χ1n) is 9.84. The fraction of sp³-hybridized carbons (Fsp3) is 0.333. The number of carbonyl (C=O) groups is 1. The smallest absolute Gasteiger partial charge is 0.323 e. The molecular weight excluding hydrogens is 404 g/mol. The molecule has 1 saturated heterocycles. The molecule has 3 N–H and O–H groups in total. The molecule has 3 aromatic rings. The quantitative estimate of drug-likeness (QED) is 0.592. The van der Waals surface area contributed by atoms with Crippen molar-refractivity contribution in [1.29, 1.82) is 0 Å². The molecule has 2 heterocycles. The summed E-state index contributed by atoms with van der Waals surface area (Å²) in [5, 5.41) is 2.87. The van der Waals surface area contributed by atoms with Gasteiger partial charge in [0, 0.05) is 24.7 Å². The van der Waals surface area contributed by atoms with Gasteiger partial charge >= 0.3 is 5.69 Å². The molecular formula is C21H24N4O4S. The van der Waals surface area contributed by atoms with Crippen LogP contribution in [0.3, 0.4) is 0 Å². The van der Waals surface area contributed by atoms with Crippen molar-refractivity contribution in [3.05, 3.63) is 58.0 Å². The van der Waals surface area contributed by atoms with Gasteiger partial charge in [-0.2, -0.15) is 4.31 Å². The zero-order valence-corrected chi connectivity index (χ0v) is 17.7. The molecule has 0 saturated carbocycles. The third kappa shape index (κ3) is 3.90. The summed E-state index contributed by atoms with van der Waals surface area (Å²) < 4.78 is 27.3. The van der Waals surface area contributed by atoms with Gasteiger partial charge in [0.25, 0.3) is 0 Å². The summed E-state index contributed by atoms with van der Waals surface area (Å²) in [6.07, 6.45) is 0.915. The molecule has 0 atom stereocenters. The summed E-state index contributed by atoms with van der Waals surface area (Å²) in [6, 6.07) is 10.3. The molecule has 4 rings (SSSR count). The number of benzene rings is 2. The molecule has 0 bridgehead atoms. The standard InChI is InChI=1S/C21H24N4O4S/c1-13-3-5-17(11-14(13)2)30(28,29)25-9-7-15(8-10-25)20(26)22-16-4-6-18-19(12-16)24-21(27)23-18/h3-6,11-12,15H,7-10H2,1-2H3,(H,22,26)(H2,23,24,27). The van der Waals surface area contributed by atoms with Gasteiger partial charge in [0.05, 0.1) is 15.9 Å². The number of rotatable bonds is 4. The number of anilines is 1. The van der Waals surface area contributed by atoms with Crippen LogP contribution in [0.15, 0.2) is 46.1 Å². The zero-order chi connectivity index (χ0) is 21.5. The molecule has 30 heavy (non-hydrogen) atoms. The third-order valence-electron chi connectivity index (χ3n) is 5.72. The molecule has 158 valence electrons. The van der Waals surface area contributed by atoms with Gasteiger partial charge in [-0.15, -0.1) is 0 Å². The number of imidazole rings is 1. The van der Waals surface area contributed by atoms with Crippen molar-refractivity contribution in [2.24, 2.45) is 5.92 Å². The molecule has 1 aliphatic heterocycles. The van der Waals surface area contributed by atoms with Crippen molar-refractivity contribution in [2.45, 2.75) is 31.6 Å². The number of sulfonamides is 1. The molecule has 0 radical (unpaired) electrons. The number of hydrogen-bond acceptors (Lipinski definition) is 4. The van der Waals surface area contributed by atoms with E-state index in [2.05, 4.69) is 15.3 Å². The van der Waals surface area contributed by atoms with E-state index in [0.717, 1.165) is 11.1 Å². The fourth-order valence-corrected chi connectivity index (χ4v) is 5.29. The van der Waals surface area contributed by atoms with Crippen molar-refractivity contribution in [2.75, 3.05) is 18.4 Å². The molecule has 1 aromatic heterocycles. The minimum atomic E-state index is -3.57. The highest BCUT2D eigenvalue weighted by Crippen LogP contribution is 2.26. The van der Waals surface area contributed by atoms with Gasteiger partial charge < -0.3 is 15.3 Å². The van der Waals surface area contributed by atoms with Crippen molar-refractivity contribution in [3.8, 4) is 0 Å². The molecule has 8 nitrogen and oxygen atoms in total. The van der Waals surface area contributed by atoms with Gasteiger partial charge in [-0.3, -0.25) is 4.79 Å². The Bertz CT molecular complexity index is 1270. The lowest BCUT2D eigenvalue weighted by Gasteiger charge is -2.30. The number of aryl methyl sites for hydroxylation is 2. The van der Waals surface area contributed by atoms with E-state index in [-0.39, 0.29) is 17.5 Å². The molecule has 2 aromatic carbocycles. The number of carbonyl (C=O) groups excluding carboxylic acids is 1. The van der Waals surface area contributed by atoms with E-state index in [1.54, 1.807) is 30.3 Å². The number of hydrogen-bond donors (Lipinski definition) is 3. The van der Waals surface area contributed by atoms with Crippen LogP contribution in [-0.2, 0) is 14.8 Å². The Morgan fingerprint density at radius 1 is 1.00 bits per heavy atom. The summed E-state index contributed by atoms with van der Waals surface area (Å²) in [6.45, 7) is 4.45. The summed E-state index contributed by atoms with van der Waals surface area (Å²) >= 11 is 0. The molecule has 9 heteroatoms. The number of aromatic amines is 2. The summed E-state index contributed by atoms with van der Waals surface area (Å²) in [4.78, 5) is 29.6. The monoisotopic (exact) mass is 428 g/mol. The largest absolute Gasteiger partial charge is 0.326 e. The van der Waals surface area contributed by atoms with Crippen molar-refractivity contribution >= 4 is 32.7 Å². The van der Waals surface area contributed by atoms with E-state index in [0.29, 0.717) is 47.5 Å². The van der Waals surface area contributed by atoms with Crippen LogP contribution >= 0.6 is 0 Å². The van der Waals surface area contributed by atoms with Crippen LogP contribution in [0.25, 0.3) is 11.0 Å². The van der Waals surface area contributed by atoms with Gasteiger partial charge in [-0.05, 0) is 68.1 Å². The van der Waals surface area contributed by atoms with Crippen LogP contribution in [-0.4, -0.2) is 41.7 Å². The van der Waals surface area contributed by atoms with Gasteiger partial charge in [0.1, 0.15) is 0 Å². The second-order valence-corrected chi connectivity index (χ2v) is 9.69. The minimum Gasteiger partial charge on any atom is -0.326 e. The van der Waals surface area contributed by atoms with Gasteiger partial charge in [0.2, 0.25) is 15.9 Å².